The van der Waals surface area contributed by atoms with E-state index < -0.39 is 0 Å². The molecular formula is C21H20N2O. The first-order valence-electron chi connectivity index (χ1n) is 8.23. The zero-order valence-corrected chi connectivity index (χ0v) is 14.0. The number of aryl methyl sites for hydroxylation is 2. The quantitative estimate of drug-likeness (QED) is 0.664. The van der Waals surface area contributed by atoms with Crippen molar-refractivity contribution in [1.29, 1.82) is 0 Å². The van der Waals surface area contributed by atoms with Crippen LogP contribution in [0.1, 0.15) is 32.7 Å². The van der Waals surface area contributed by atoms with Gasteiger partial charge in [-0.15, -0.1) is 0 Å². The fourth-order valence-electron chi connectivity index (χ4n) is 3.39. The van der Waals surface area contributed by atoms with Crippen LogP contribution in [0.3, 0.4) is 0 Å². The van der Waals surface area contributed by atoms with Crippen molar-refractivity contribution in [1.82, 2.24) is 4.57 Å². The summed E-state index contributed by atoms with van der Waals surface area (Å²) in [4.78, 5) is 15.1. The van der Waals surface area contributed by atoms with Crippen molar-refractivity contribution in [2.75, 3.05) is 4.90 Å². The Kier molecular flexibility index (Phi) is 3.49. The summed E-state index contributed by atoms with van der Waals surface area (Å²) in [7, 11) is 2.07. The predicted octanol–water partition coefficient (Wildman–Crippen LogP) is 4.08. The van der Waals surface area contributed by atoms with E-state index in [9.17, 15) is 4.79 Å². The summed E-state index contributed by atoms with van der Waals surface area (Å²) >= 11 is 0. The van der Waals surface area contributed by atoms with E-state index in [2.05, 4.69) is 29.9 Å². The zero-order chi connectivity index (χ0) is 16.7. The van der Waals surface area contributed by atoms with Gasteiger partial charge in [-0.25, -0.2) is 0 Å². The highest BCUT2D eigenvalue weighted by atomic mass is 16.2. The molecule has 1 aromatic heterocycles. The first kappa shape index (κ1) is 14.8. The number of hydrogen-bond donors (Lipinski definition) is 0. The SMILES string of the molecule is Cc1ccc(C(=O)N2Cc3ccn(C)c3Cc3ccccc32)cc1. The molecule has 0 saturated heterocycles. The molecule has 0 fully saturated rings. The van der Waals surface area contributed by atoms with E-state index in [-0.39, 0.29) is 5.91 Å². The van der Waals surface area contributed by atoms with Gasteiger partial charge in [0.25, 0.3) is 5.91 Å². The summed E-state index contributed by atoms with van der Waals surface area (Å²) in [5.74, 6) is 0.0548. The van der Waals surface area contributed by atoms with Gasteiger partial charge in [-0.1, -0.05) is 35.9 Å². The van der Waals surface area contributed by atoms with Crippen molar-refractivity contribution < 1.29 is 4.79 Å². The van der Waals surface area contributed by atoms with Crippen molar-refractivity contribution in [3.8, 4) is 0 Å². The van der Waals surface area contributed by atoms with E-state index in [0.29, 0.717) is 6.54 Å². The lowest BCUT2D eigenvalue weighted by molar-refractivity contribution is 0.0985. The fraction of sp³-hybridized carbons (Fsp3) is 0.190. The molecular weight excluding hydrogens is 296 g/mol. The predicted molar refractivity (Wildman–Crippen MR) is 96.4 cm³/mol. The minimum Gasteiger partial charge on any atom is -0.354 e. The van der Waals surface area contributed by atoms with Crippen molar-refractivity contribution in [2.24, 2.45) is 7.05 Å². The molecule has 2 aromatic carbocycles. The third-order valence-electron chi connectivity index (χ3n) is 4.81. The first-order valence-corrected chi connectivity index (χ1v) is 8.23. The Hall–Kier alpha value is -2.81. The maximum Gasteiger partial charge on any atom is 0.258 e. The molecule has 3 nitrogen and oxygen atoms in total. The Morgan fingerprint density at radius 2 is 1.71 bits per heavy atom. The highest BCUT2D eigenvalue weighted by molar-refractivity contribution is 6.06. The summed E-state index contributed by atoms with van der Waals surface area (Å²) in [6, 6.07) is 18.1. The Bertz CT molecular complexity index is 906. The Morgan fingerprint density at radius 3 is 2.50 bits per heavy atom. The second-order valence-electron chi connectivity index (χ2n) is 6.46. The summed E-state index contributed by atoms with van der Waals surface area (Å²) < 4.78 is 2.16. The van der Waals surface area contributed by atoms with E-state index in [0.717, 1.165) is 23.2 Å². The normalized spacial score (nSPS) is 13.2. The molecule has 4 rings (SSSR count). The topological polar surface area (TPSA) is 25.2 Å². The number of nitrogens with zero attached hydrogens (tertiary/aromatic N) is 2. The Balaban J connectivity index is 1.81. The van der Waals surface area contributed by atoms with Crippen molar-refractivity contribution in [2.45, 2.75) is 19.9 Å². The monoisotopic (exact) mass is 316 g/mol. The molecule has 3 heteroatoms. The van der Waals surface area contributed by atoms with Crippen LogP contribution < -0.4 is 4.90 Å². The number of anilines is 1. The van der Waals surface area contributed by atoms with Crippen LogP contribution in [0, 0.1) is 6.92 Å². The number of carbonyl (C=O) groups is 1. The van der Waals surface area contributed by atoms with Crippen molar-refractivity contribution in [3.63, 3.8) is 0 Å². The van der Waals surface area contributed by atoms with Crippen LogP contribution in [-0.4, -0.2) is 10.5 Å². The van der Waals surface area contributed by atoms with E-state index in [1.165, 1.54) is 16.8 Å². The van der Waals surface area contributed by atoms with E-state index in [1.807, 2.05) is 54.3 Å². The smallest absolute Gasteiger partial charge is 0.258 e. The highest BCUT2D eigenvalue weighted by Crippen LogP contribution is 2.31. The molecule has 3 aromatic rings. The number of carbonyl (C=O) groups excluding carboxylic acids is 1. The van der Waals surface area contributed by atoms with Gasteiger partial charge in [0, 0.05) is 36.6 Å². The summed E-state index contributed by atoms with van der Waals surface area (Å²) in [5.41, 5.74) is 6.59. The van der Waals surface area contributed by atoms with Crippen LogP contribution >= 0.6 is 0 Å². The zero-order valence-electron chi connectivity index (χ0n) is 14.0. The molecule has 24 heavy (non-hydrogen) atoms. The largest absolute Gasteiger partial charge is 0.354 e. The summed E-state index contributed by atoms with van der Waals surface area (Å²) in [6.07, 6.45) is 2.93. The van der Waals surface area contributed by atoms with Gasteiger partial charge in [0.05, 0.1) is 6.54 Å². The molecule has 1 amide bonds. The maximum atomic E-state index is 13.2. The van der Waals surface area contributed by atoms with E-state index in [1.54, 1.807) is 0 Å². The second kappa shape index (κ2) is 5.68. The number of amides is 1. The van der Waals surface area contributed by atoms with Gasteiger partial charge < -0.3 is 9.47 Å². The maximum absolute atomic E-state index is 13.2. The molecule has 0 atom stereocenters. The molecule has 0 bridgehead atoms. The number of hydrogen-bond acceptors (Lipinski definition) is 1. The number of benzene rings is 2. The third kappa shape index (κ3) is 2.42. The number of rotatable bonds is 1. The molecule has 1 aliphatic heterocycles. The molecule has 120 valence electrons. The van der Waals surface area contributed by atoms with Gasteiger partial charge in [0.2, 0.25) is 0 Å². The highest BCUT2D eigenvalue weighted by Gasteiger charge is 2.25. The molecule has 1 aliphatic rings. The summed E-state index contributed by atoms with van der Waals surface area (Å²) in [6.45, 7) is 2.64. The second-order valence-corrected chi connectivity index (χ2v) is 6.46. The molecule has 0 N–H and O–H groups in total. The van der Waals surface area contributed by atoms with Gasteiger partial charge in [-0.3, -0.25) is 4.79 Å². The molecule has 0 radical (unpaired) electrons. The Labute approximate surface area is 142 Å². The van der Waals surface area contributed by atoms with Crippen LogP contribution in [0.25, 0.3) is 0 Å². The molecule has 2 heterocycles. The molecule has 0 unspecified atom stereocenters. The average Bonchev–Trinajstić information content (AvgIpc) is 2.85. The lowest BCUT2D eigenvalue weighted by atomic mass is 10.1. The minimum absolute atomic E-state index is 0.0548. The van der Waals surface area contributed by atoms with Crippen LogP contribution in [-0.2, 0) is 20.0 Å². The van der Waals surface area contributed by atoms with Crippen molar-refractivity contribution in [3.05, 3.63) is 88.7 Å². The standard InChI is InChI=1S/C21H20N2O/c1-15-7-9-16(10-8-15)21(24)23-14-18-11-12-22(2)20(18)13-17-5-3-4-6-19(17)23/h3-12H,13-14H2,1-2H3. The number of aromatic nitrogens is 1. The van der Waals surface area contributed by atoms with E-state index in [4.69, 9.17) is 0 Å². The van der Waals surface area contributed by atoms with Crippen LogP contribution in [0.5, 0.6) is 0 Å². The number of fused-ring (bicyclic) bond motifs is 2. The minimum atomic E-state index is 0.0548. The van der Waals surface area contributed by atoms with Crippen LogP contribution in [0.15, 0.2) is 60.8 Å². The number of para-hydroxylation sites is 1. The fourth-order valence-corrected chi connectivity index (χ4v) is 3.39. The van der Waals surface area contributed by atoms with Gasteiger partial charge in [-0.2, -0.15) is 0 Å². The van der Waals surface area contributed by atoms with Crippen molar-refractivity contribution >= 4 is 11.6 Å². The van der Waals surface area contributed by atoms with Gasteiger partial charge in [-0.05, 0) is 42.3 Å². The van der Waals surface area contributed by atoms with Crippen LogP contribution in [0.2, 0.25) is 0 Å². The molecule has 0 saturated carbocycles. The lowest BCUT2D eigenvalue weighted by Crippen LogP contribution is -2.30. The van der Waals surface area contributed by atoms with Crippen LogP contribution in [0.4, 0.5) is 5.69 Å². The van der Waals surface area contributed by atoms with Gasteiger partial charge in [0.15, 0.2) is 0 Å². The van der Waals surface area contributed by atoms with E-state index >= 15 is 0 Å². The molecule has 0 aliphatic carbocycles. The molecule has 0 spiro atoms. The first-order chi connectivity index (χ1) is 11.6. The summed E-state index contributed by atoms with van der Waals surface area (Å²) in [5, 5.41) is 0. The lowest BCUT2D eigenvalue weighted by Gasteiger charge is -2.23. The van der Waals surface area contributed by atoms with Gasteiger partial charge >= 0.3 is 0 Å². The van der Waals surface area contributed by atoms with Gasteiger partial charge in [0.1, 0.15) is 0 Å². The average molecular weight is 316 g/mol. The Morgan fingerprint density at radius 1 is 0.958 bits per heavy atom. The third-order valence-corrected chi connectivity index (χ3v) is 4.81.